The van der Waals surface area contributed by atoms with Gasteiger partial charge in [-0.25, -0.2) is 0 Å². The first kappa shape index (κ1) is 24.6. The van der Waals surface area contributed by atoms with Crippen molar-refractivity contribution in [1.82, 2.24) is 0 Å². The lowest BCUT2D eigenvalue weighted by molar-refractivity contribution is -0.0996. The average molecular weight is 544 g/mol. The summed E-state index contributed by atoms with van der Waals surface area (Å²) in [6.07, 6.45) is -5.16. The van der Waals surface area contributed by atoms with Crippen molar-refractivity contribution in [3.05, 3.63) is 79.1 Å². The molecule has 30 heavy (non-hydrogen) atoms. The van der Waals surface area contributed by atoms with Gasteiger partial charge in [0.05, 0.1) is 0 Å². The van der Waals surface area contributed by atoms with Gasteiger partial charge in [0.2, 0.25) is 0 Å². The van der Waals surface area contributed by atoms with E-state index < -0.39 is 35.9 Å². The minimum absolute atomic E-state index is 0.572. The first-order valence-electron chi connectivity index (χ1n) is 9.07. The Morgan fingerprint density at radius 3 is 1.33 bits per heavy atom. The molecular formula is C22H24Br2O6. The van der Waals surface area contributed by atoms with Crippen LogP contribution in [0, 0.1) is 13.8 Å². The molecule has 0 saturated heterocycles. The van der Waals surface area contributed by atoms with E-state index in [0.29, 0.717) is 11.1 Å². The number of halogens is 2. The fourth-order valence-electron chi connectivity index (χ4n) is 2.75. The lowest BCUT2D eigenvalue weighted by Crippen LogP contribution is -2.45. The van der Waals surface area contributed by atoms with Crippen molar-refractivity contribution in [2.45, 2.75) is 38.3 Å². The van der Waals surface area contributed by atoms with Gasteiger partial charge in [0.25, 0.3) is 0 Å². The molecule has 8 heteroatoms. The summed E-state index contributed by atoms with van der Waals surface area (Å²) in [5, 5.41) is 61.0. The Kier molecular flexibility index (Phi) is 8.66. The van der Waals surface area contributed by atoms with Gasteiger partial charge in [-0.15, -0.1) is 0 Å². The number of hydrogen-bond acceptors (Lipinski definition) is 6. The Morgan fingerprint density at radius 2 is 1.03 bits per heavy atom. The van der Waals surface area contributed by atoms with E-state index in [9.17, 15) is 30.6 Å². The van der Waals surface area contributed by atoms with Gasteiger partial charge in [0.15, 0.2) is 0 Å². The zero-order valence-electron chi connectivity index (χ0n) is 16.4. The molecule has 0 aliphatic rings. The number of aryl methyl sites for hydroxylation is 2. The molecule has 0 radical (unpaired) electrons. The maximum atomic E-state index is 10.2. The van der Waals surface area contributed by atoms with Crippen molar-refractivity contribution < 1.29 is 30.6 Å². The minimum Gasteiger partial charge on any atom is -0.509 e. The molecule has 2 rings (SSSR count). The molecule has 2 aromatic rings. The average Bonchev–Trinajstić information content (AvgIpc) is 2.71. The van der Waals surface area contributed by atoms with Gasteiger partial charge < -0.3 is 30.6 Å². The first-order valence-corrected chi connectivity index (χ1v) is 10.7. The molecule has 0 amide bonds. The van der Waals surface area contributed by atoms with Crippen LogP contribution in [0.5, 0.6) is 0 Å². The normalized spacial score (nSPS) is 16.8. The maximum Gasteiger partial charge on any atom is 0.139 e. The van der Waals surface area contributed by atoms with E-state index in [2.05, 4.69) is 31.9 Å². The molecule has 0 aliphatic heterocycles. The van der Waals surface area contributed by atoms with Crippen LogP contribution in [0.2, 0.25) is 0 Å². The zero-order valence-corrected chi connectivity index (χ0v) is 19.5. The van der Waals surface area contributed by atoms with E-state index in [1.807, 2.05) is 13.8 Å². The number of hydrogen-bond donors (Lipinski definition) is 6. The van der Waals surface area contributed by atoms with Gasteiger partial charge in [0.1, 0.15) is 35.9 Å². The molecule has 6 N–H and O–H groups in total. The summed E-state index contributed by atoms with van der Waals surface area (Å²) in [4.78, 5) is 0. The molecule has 0 unspecified atom stereocenters. The highest BCUT2D eigenvalue weighted by Crippen LogP contribution is 2.22. The predicted octanol–water partition coefficient (Wildman–Crippen LogP) is 3.77. The first-order chi connectivity index (χ1) is 14.0. The predicted molar refractivity (Wildman–Crippen MR) is 123 cm³/mol. The van der Waals surface area contributed by atoms with Crippen molar-refractivity contribution in [3.8, 4) is 0 Å². The van der Waals surface area contributed by atoms with Crippen LogP contribution in [0.4, 0.5) is 0 Å². The number of rotatable bonds is 7. The number of benzene rings is 2. The summed E-state index contributed by atoms with van der Waals surface area (Å²) in [5.41, 5.74) is 2.95. The van der Waals surface area contributed by atoms with E-state index in [0.717, 1.165) is 20.1 Å². The third kappa shape index (κ3) is 6.16. The molecule has 2 aromatic carbocycles. The second kappa shape index (κ2) is 10.6. The molecule has 0 spiro atoms. The van der Waals surface area contributed by atoms with Crippen molar-refractivity contribution in [2.75, 3.05) is 0 Å². The fraction of sp³-hybridized carbons (Fsp3) is 0.273. The van der Waals surface area contributed by atoms with Crippen LogP contribution in [0.15, 0.2) is 56.9 Å². The lowest BCUT2D eigenvalue weighted by atomic mass is 9.98. The summed E-state index contributed by atoms with van der Waals surface area (Å²) in [7, 11) is 0. The van der Waals surface area contributed by atoms with Crippen LogP contribution in [0.25, 0.3) is 12.2 Å². The molecule has 0 aliphatic carbocycles. The molecule has 0 fully saturated rings. The molecule has 0 aromatic heterocycles. The van der Waals surface area contributed by atoms with Gasteiger partial charge in [-0.3, -0.25) is 0 Å². The highest BCUT2D eigenvalue weighted by atomic mass is 79.9. The molecule has 162 valence electrons. The van der Waals surface area contributed by atoms with Crippen molar-refractivity contribution in [3.63, 3.8) is 0 Å². The zero-order chi connectivity index (χ0) is 22.6. The summed E-state index contributed by atoms with van der Waals surface area (Å²) in [5.74, 6) is -1.19. The Hall–Kier alpha value is -1.68. The summed E-state index contributed by atoms with van der Waals surface area (Å²) in [6.45, 7) is 3.71. The third-order valence-electron chi connectivity index (χ3n) is 4.60. The van der Waals surface area contributed by atoms with Gasteiger partial charge in [-0.05, 0) is 60.4 Å². The highest BCUT2D eigenvalue weighted by molar-refractivity contribution is 9.10. The van der Waals surface area contributed by atoms with Crippen LogP contribution < -0.4 is 0 Å². The third-order valence-corrected chi connectivity index (χ3v) is 6.38. The second-order valence-corrected chi connectivity index (χ2v) is 8.74. The standard InChI is InChI=1S/C22H24Br2O6/c1-11-7-13(3-5-15(11)23)9-17(25)19(27)21(29)22(30)20(28)18(26)10-14-4-6-16(24)12(2)8-14/h3-10,19-22,25-30H,1-2H3/t19-,20+,21-,22-/m1/s1. The van der Waals surface area contributed by atoms with Gasteiger partial charge in [-0.2, -0.15) is 0 Å². The van der Waals surface area contributed by atoms with Crippen molar-refractivity contribution in [1.29, 1.82) is 0 Å². The molecule has 0 bridgehead atoms. The molecule has 0 saturated carbocycles. The lowest BCUT2D eigenvalue weighted by Gasteiger charge is -2.26. The number of aliphatic hydroxyl groups excluding tert-OH is 6. The van der Waals surface area contributed by atoms with Crippen molar-refractivity contribution >= 4 is 44.0 Å². The van der Waals surface area contributed by atoms with Crippen LogP contribution in [0.1, 0.15) is 22.3 Å². The van der Waals surface area contributed by atoms with Crippen molar-refractivity contribution in [2.24, 2.45) is 0 Å². The van der Waals surface area contributed by atoms with Crippen LogP contribution >= 0.6 is 31.9 Å². The van der Waals surface area contributed by atoms with E-state index >= 15 is 0 Å². The van der Waals surface area contributed by atoms with Crippen LogP contribution in [-0.4, -0.2) is 55.1 Å². The smallest absolute Gasteiger partial charge is 0.139 e. The van der Waals surface area contributed by atoms with E-state index in [-0.39, 0.29) is 0 Å². The Labute approximate surface area is 191 Å². The molecule has 0 heterocycles. The Bertz CT molecular complexity index is 879. The molecule has 6 nitrogen and oxygen atoms in total. The van der Waals surface area contributed by atoms with Gasteiger partial charge in [-0.1, -0.05) is 56.1 Å². The van der Waals surface area contributed by atoms with E-state index in [1.54, 1.807) is 36.4 Å². The SMILES string of the molecule is Cc1cc(C=C(O)[C@@H](O)[C@@H](O)[C@H](O)[C@@H](O)C(O)=Cc2ccc(Br)c(C)c2)ccc1Br. The van der Waals surface area contributed by atoms with Gasteiger partial charge in [0, 0.05) is 8.95 Å². The number of aliphatic hydroxyl groups is 6. The second-order valence-electron chi connectivity index (χ2n) is 7.03. The van der Waals surface area contributed by atoms with Crippen LogP contribution in [0.3, 0.4) is 0 Å². The summed E-state index contributed by atoms with van der Waals surface area (Å²) >= 11 is 6.73. The Balaban J connectivity index is 2.14. The highest BCUT2D eigenvalue weighted by Gasteiger charge is 2.34. The van der Waals surface area contributed by atoms with E-state index in [4.69, 9.17) is 0 Å². The fourth-order valence-corrected chi connectivity index (χ4v) is 3.24. The largest absolute Gasteiger partial charge is 0.509 e. The van der Waals surface area contributed by atoms with E-state index in [1.165, 1.54) is 12.2 Å². The molecule has 4 atom stereocenters. The quantitative estimate of drug-likeness (QED) is 0.296. The topological polar surface area (TPSA) is 121 Å². The summed E-state index contributed by atoms with van der Waals surface area (Å²) < 4.78 is 1.75. The monoisotopic (exact) mass is 542 g/mol. The molecular weight excluding hydrogens is 520 g/mol. The maximum absolute atomic E-state index is 10.2. The Morgan fingerprint density at radius 1 is 0.700 bits per heavy atom. The van der Waals surface area contributed by atoms with Crippen LogP contribution in [-0.2, 0) is 0 Å². The van der Waals surface area contributed by atoms with Gasteiger partial charge >= 0.3 is 0 Å². The summed E-state index contributed by atoms with van der Waals surface area (Å²) in [6, 6.07) is 10.4. The minimum atomic E-state index is -1.95.